The van der Waals surface area contributed by atoms with Crippen LogP contribution in [0.25, 0.3) is 0 Å². The van der Waals surface area contributed by atoms with Gasteiger partial charge in [0.15, 0.2) is 5.60 Å². The summed E-state index contributed by atoms with van der Waals surface area (Å²) in [7, 11) is 1.61. The van der Waals surface area contributed by atoms with E-state index in [4.69, 9.17) is 15.2 Å². The Balaban J connectivity index is 2.13. The first kappa shape index (κ1) is 11.4. The fraction of sp³-hybridized carbons (Fsp3) is 0.333. The van der Waals surface area contributed by atoms with Crippen molar-refractivity contribution in [3.8, 4) is 5.75 Å². The maximum absolute atomic E-state index is 11.6. The van der Waals surface area contributed by atoms with Crippen molar-refractivity contribution in [1.82, 2.24) is 0 Å². The van der Waals surface area contributed by atoms with E-state index in [9.17, 15) is 4.79 Å². The maximum atomic E-state index is 11.6. The molecule has 1 aromatic carbocycles. The highest BCUT2D eigenvalue weighted by molar-refractivity contribution is 6.00. The van der Waals surface area contributed by atoms with Crippen LogP contribution in [-0.2, 0) is 16.0 Å². The first-order valence-electron chi connectivity index (χ1n) is 5.24. The summed E-state index contributed by atoms with van der Waals surface area (Å²) < 4.78 is 10.3. The van der Waals surface area contributed by atoms with Crippen LogP contribution in [0.4, 0.5) is 0 Å². The van der Waals surface area contributed by atoms with Gasteiger partial charge in [-0.05, 0) is 24.6 Å². The number of hydrogen-bond donors (Lipinski definition) is 1. The molecule has 1 unspecified atom stereocenters. The summed E-state index contributed by atoms with van der Waals surface area (Å²) in [6.07, 6.45) is 0.431. The van der Waals surface area contributed by atoms with Crippen LogP contribution in [0.3, 0.4) is 0 Å². The Kier molecular flexibility index (Phi) is 2.75. The van der Waals surface area contributed by atoms with E-state index in [1.165, 1.54) is 0 Å². The molecule has 0 saturated heterocycles. The van der Waals surface area contributed by atoms with Crippen LogP contribution in [0, 0.1) is 0 Å². The second kappa shape index (κ2) is 4.08. The fourth-order valence-electron chi connectivity index (χ4n) is 1.76. The Morgan fingerprint density at radius 3 is 2.53 bits per heavy atom. The molecule has 0 bridgehead atoms. The van der Waals surface area contributed by atoms with Crippen molar-refractivity contribution in [2.45, 2.75) is 18.9 Å². The number of carbonyl (C=O) groups is 1. The number of rotatable bonds is 3. The Labute approximate surface area is 99.2 Å². The van der Waals surface area contributed by atoms with Gasteiger partial charge in [0, 0.05) is 6.42 Å². The normalized spacial score (nSPS) is 23.2. The Morgan fingerprint density at radius 2 is 2.06 bits per heavy atom. The Hall–Kier alpha value is -2.04. The molecule has 0 radical (unpaired) electrons. The van der Waals surface area contributed by atoms with Gasteiger partial charge < -0.3 is 15.2 Å². The summed E-state index contributed by atoms with van der Waals surface area (Å²) in [5.74, 6) is 0.430. The molecule has 2 rings (SSSR count). The van der Waals surface area contributed by atoms with Crippen molar-refractivity contribution in [3.05, 3.63) is 29.8 Å². The quantitative estimate of drug-likeness (QED) is 0.842. The van der Waals surface area contributed by atoms with Gasteiger partial charge in [0.05, 0.1) is 7.11 Å². The zero-order valence-electron chi connectivity index (χ0n) is 9.77. The summed E-state index contributed by atoms with van der Waals surface area (Å²) in [5, 5.41) is 0. The largest absolute Gasteiger partial charge is 0.497 e. The zero-order chi connectivity index (χ0) is 12.5. The van der Waals surface area contributed by atoms with E-state index in [2.05, 4.69) is 4.99 Å². The van der Waals surface area contributed by atoms with Gasteiger partial charge >= 0.3 is 0 Å². The van der Waals surface area contributed by atoms with Crippen LogP contribution in [0.15, 0.2) is 29.3 Å². The Bertz CT molecular complexity index is 467. The fourth-order valence-corrected chi connectivity index (χ4v) is 1.76. The van der Waals surface area contributed by atoms with Crippen molar-refractivity contribution in [3.63, 3.8) is 0 Å². The summed E-state index contributed by atoms with van der Waals surface area (Å²) in [4.78, 5) is 15.2. The van der Waals surface area contributed by atoms with Crippen LogP contribution in [0.2, 0.25) is 0 Å². The zero-order valence-corrected chi connectivity index (χ0v) is 9.77. The third-order valence-corrected chi connectivity index (χ3v) is 2.69. The number of carbonyl (C=O) groups excluding carboxylic acids is 1. The average Bonchev–Trinajstić information content (AvgIpc) is 2.53. The second-order valence-electron chi connectivity index (χ2n) is 4.11. The van der Waals surface area contributed by atoms with Crippen molar-refractivity contribution < 1.29 is 14.3 Å². The molecule has 1 heterocycles. The number of nitrogens with two attached hydrogens (primary N) is 1. The smallest absolute Gasteiger partial charge is 0.294 e. The molecule has 0 aliphatic carbocycles. The summed E-state index contributed by atoms with van der Waals surface area (Å²) in [6, 6.07) is 7.38. The lowest BCUT2D eigenvalue weighted by Gasteiger charge is -2.20. The molecule has 17 heavy (non-hydrogen) atoms. The van der Waals surface area contributed by atoms with E-state index in [0.29, 0.717) is 6.42 Å². The summed E-state index contributed by atoms with van der Waals surface area (Å²) in [6.45, 7) is 1.68. The average molecular weight is 234 g/mol. The van der Waals surface area contributed by atoms with Gasteiger partial charge in [-0.1, -0.05) is 12.1 Å². The minimum absolute atomic E-state index is 0.0639. The minimum Gasteiger partial charge on any atom is -0.497 e. The van der Waals surface area contributed by atoms with Gasteiger partial charge in [-0.2, -0.15) is 4.99 Å². The lowest BCUT2D eigenvalue weighted by Crippen LogP contribution is -2.37. The number of benzene rings is 1. The van der Waals surface area contributed by atoms with Crippen LogP contribution in [-0.4, -0.2) is 24.6 Å². The highest BCUT2D eigenvalue weighted by atomic mass is 16.5. The molecule has 0 fully saturated rings. The van der Waals surface area contributed by atoms with E-state index >= 15 is 0 Å². The molecule has 0 spiro atoms. The number of hydrogen-bond acceptors (Lipinski definition) is 4. The first-order valence-corrected chi connectivity index (χ1v) is 5.24. The molecular weight excluding hydrogens is 220 g/mol. The molecule has 1 amide bonds. The molecule has 1 aliphatic rings. The van der Waals surface area contributed by atoms with Gasteiger partial charge in [0.25, 0.3) is 11.9 Å². The third-order valence-electron chi connectivity index (χ3n) is 2.69. The number of nitrogens with zero attached hydrogens (tertiary/aromatic N) is 1. The van der Waals surface area contributed by atoms with Gasteiger partial charge in [0.1, 0.15) is 5.75 Å². The van der Waals surface area contributed by atoms with Crippen molar-refractivity contribution >= 4 is 11.9 Å². The standard InChI is InChI=1S/C12H14N2O3/c1-12(10(15)14-11(13)17-12)7-8-3-5-9(16-2)6-4-8/h3-6H,7H2,1-2H3,(H2,13,14,15). The molecule has 5 heteroatoms. The predicted octanol–water partition coefficient (Wildman–Crippen LogP) is 0.868. The van der Waals surface area contributed by atoms with Crippen molar-refractivity contribution in [2.75, 3.05) is 7.11 Å². The number of ether oxygens (including phenoxy) is 2. The van der Waals surface area contributed by atoms with Gasteiger partial charge in [-0.25, -0.2) is 0 Å². The van der Waals surface area contributed by atoms with Gasteiger partial charge in [-0.15, -0.1) is 0 Å². The molecule has 0 saturated carbocycles. The van der Waals surface area contributed by atoms with Crippen LogP contribution >= 0.6 is 0 Å². The van der Waals surface area contributed by atoms with Crippen LogP contribution in [0.1, 0.15) is 12.5 Å². The van der Waals surface area contributed by atoms with E-state index in [1.807, 2.05) is 24.3 Å². The summed E-state index contributed by atoms with van der Waals surface area (Å²) >= 11 is 0. The molecule has 5 nitrogen and oxygen atoms in total. The van der Waals surface area contributed by atoms with E-state index in [0.717, 1.165) is 11.3 Å². The van der Waals surface area contributed by atoms with Crippen molar-refractivity contribution in [1.29, 1.82) is 0 Å². The number of amides is 1. The molecule has 0 aromatic heterocycles. The van der Waals surface area contributed by atoms with Crippen LogP contribution < -0.4 is 10.5 Å². The maximum Gasteiger partial charge on any atom is 0.294 e. The highest BCUT2D eigenvalue weighted by Gasteiger charge is 2.41. The van der Waals surface area contributed by atoms with E-state index in [1.54, 1.807) is 14.0 Å². The SMILES string of the molecule is COc1ccc(CC2(C)OC(N)=NC2=O)cc1. The number of methoxy groups -OCH3 is 1. The van der Waals surface area contributed by atoms with Gasteiger partial charge in [-0.3, -0.25) is 4.79 Å². The van der Waals surface area contributed by atoms with E-state index in [-0.39, 0.29) is 11.9 Å². The molecule has 2 N–H and O–H groups in total. The second-order valence-corrected chi connectivity index (χ2v) is 4.11. The topological polar surface area (TPSA) is 73.9 Å². The van der Waals surface area contributed by atoms with Gasteiger partial charge in [0.2, 0.25) is 0 Å². The molecule has 1 aromatic rings. The molecule has 1 aliphatic heterocycles. The Morgan fingerprint density at radius 1 is 1.41 bits per heavy atom. The molecule has 90 valence electrons. The van der Waals surface area contributed by atoms with Crippen LogP contribution in [0.5, 0.6) is 5.75 Å². The lowest BCUT2D eigenvalue weighted by molar-refractivity contribution is -0.129. The number of amidine groups is 1. The first-order chi connectivity index (χ1) is 8.03. The number of aliphatic imine (C=N–C) groups is 1. The predicted molar refractivity (Wildman–Crippen MR) is 62.8 cm³/mol. The van der Waals surface area contributed by atoms with E-state index < -0.39 is 5.60 Å². The van der Waals surface area contributed by atoms with Crippen molar-refractivity contribution in [2.24, 2.45) is 10.7 Å². The lowest BCUT2D eigenvalue weighted by atomic mass is 9.96. The molecular formula is C12H14N2O3. The highest BCUT2D eigenvalue weighted by Crippen LogP contribution is 2.24. The minimum atomic E-state index is -0.987. The monoisotopic (exact) mass is 234 g/mol. The third kappa shape index (κ3) is 2.22. The summed E-state index contributed by atoms with van der Waals surface area (Å²) in [5.41, 5.74) is 5.36. The molecule has 1 atom stereocenters.